The maximum Gasteiger partial charge on any atom is 0.248 e. The minimum atomic E-state index is -0.460. The molecule has 0 spiro atoms. The van der Waals surface area contributed by atoms with Gasteiger partial charge in [0.1, 0.15) is 5.82 Å². The largest absolute Gasteiger partial charge is 0.366 e. The van der Waals surface area contributed by atoms with Crippen molar-refractivity contribution in [2.24, 2.45) is 5.73 Å². The molecule has 2 nitrogen and oxygen atoms in total. The normalized spacial score (nSPS) is 10.5. The molecule has 0 fully saturated rings. The zero-order valence-electron chi connectivity index (χ0n) is 8.25. The highest BCUT2D eigenvalue weighted by Crippen LogP contribution is 2.22. The van der Waals surface area contributed by atoms with Crippen molar-refractivity contribution in [1.29, 1.82) is 0 Å². The zero-order valence-corrected chi connectivity index (χ0v) is 8.25. The first-order valence-electron chi connectivity index (χ1n) is 4.58. The van der Waals surface area contributed by atoms with Crippen LogP contribution in [0.2, 0.25) is 0 Å². The molecule has 0 aromatic heterocycles. The Morgan fingerprint density at radius 3 is 2.67 bits per heavy atom. The second kappa shape index (κ2) is 3.35. The van der Waals surface area contributed by atoms with E-state index in [1.807, 2.05) is 0 Å². The van der Waals surface area contributed by atoms with Crippen molar-refractivity contribution in [3.63, 3.8) is 0 Å². The third-order valence-electron chi connectivity index (χ3n) is 2.52. The lowest BCUT2D eigenvalue weighted by Gasteiger charge is -2.06. The summed E-state index contributed by atoms with van der Waals surface area (Å²) < 4.78 is 12.9. The molecule has 76 valence electrons. The summed E-state index contributed by atoms with van der Waals surface area (Å²) in [6.07, 6.45) is 0. The Bertz CT molecular complexity index is 549. The molecule has 0 bridgehead atoms. The number of carbonyl (C=O) groups is 1. The smallest absolute Gasteiger partial charge is 0.248 e. The van der Waals surface area contributed by atoms with Crippen molar-refractivity contribution in [2.45, 2.75) is 6.92 Å². The van der Waals surface area contributed by atoms with E-state index in [-0.39, 0.29) is 5.82 Å². The number of benzene rings is 2. The molecule has 0 unspecified atom stereocenters. The van der Waals surface area contributed by atoms with Gasteiger partial charge in [-0.1, -0.05) is 12.1 Å². The molecule has 2 N–H and O–H groups in total. The van der Waals surface area contributed by atoms with Crippen molar-refractivity contribution >= 4 is 16.7 Å². The second-order valence-electron chi connectivity index (χ2n) is 3.47. The number of hydrogen-bond acceptors (Lipinski definition) is 1. The van der Waals surface area contributed by atoms with Gasteiger partial charge < -0.3 is 5.73 Å². The van der Waals surface area contributed by atoms with Crippen molar-refractivity contribution < 1.29 is 9.18 Å². The van der Waals surface area contributed by atoms with Crippen LogP contribution in [0.3, 0.4) is 0 Å². The average Bonchev–Trinajstić information content (AvgIpc) is 2.17. The molecule has 0 saturated heterocycles. The molecule has 0 atom stereocenters. The SMILES string of the molecule is Cc1c(C(N)=O)ccc2cc(F)ccc12. The fourth-order valence-electron chi connectivity index (χ4n) is 1.72. The van der Waals surface area contributed by atoms with Crippen LogP contribution in [0.4, 0.5) is 4.39 Å². The molecule has 0 aliphatic rings. The number of aryl methyl sites for hydroxylation is 1. The molecule has 0 radical (unpaired) electrons. The van der Waals surface area contributed by atoms with Crippen LogP contribution in [0.25, 0.3) is 10.8 Å². The van der Waals surface area contributed by atoms with Gasteiger partial charge in [-0.25, -0.2) is 4.39 Å². The Labute approximate surface area is 86.5 Å². The zero-order chi connectivity index (χ0) is 11.0. The molecule has 15 heavy (non-hydrogen) atoms. The summed E-state index contributed by atoms with van der Waals surface area (Å²) in [5, 5.41) is 1.63. The van der Waals surface area contributed by atoms with Gasteiger partial charge in [-0.15, -0.1) is 0 Å². The summed E-state index contributed by atoms with van der Waals surface area (Å²) in [5.41, 5.74) is 6.49. The van der Waals surface area contributed by atoms with Gasteiger partial charge in [0.2, 0.25) is 5.91 Å². The van der Waals surface area contributed by atoms with E-state index in [1.54, 1.807) is 25.1 Å². The van der Waals surface area contributed by atoms with Gasteiger partial charge in [0.15, 0.2) is 0 Å². The van der Waals surface area contributed by atoms with E-state index in [0.29, 0.717) is 5.56 Å². The first-order chi connectivity index (χ1) is 7.09. The predicted octanol–water partition coefficient (Wildman–Crippen LogP) is 2.39. The maximum absolute atomic E-state index is 12.9. The monoisotopic (exact) mass is 203 g/mol. The fourth-order valence-corrected chi connectivity index (χ4v) is 1.72. The number of nitrogens with two attached hydrogens (primary N) is 1. The Kier molecular flexibility index (Phi) is 2.15. The molecule has 0 saturated carbocycles. The molecule has 1 amide bonds. The van der Waals surface area contributed by atoms with Gasteiger partial charge in [0.25, 0.3) is 0 Å². The van der Waals surface area contributed by atoms with Crippen molar-refractivity contribution in [2.75, 3.05) is 0 Å². The van der Waals surface area contributed by atoms with E-state index in [1.165, 1.54) is 12.1 Å². The quantitative estimate of drug-likeness (QED) is 0.759. The fraction of sp³-hybridized carbons (Fsp3) is 0.0833. The van der Waals surface area contributed by atoms with E-state index < -0.39 is 5.91 Å². The predicted molar refractivity (Wildman–Crippen MR) is 57.2 cm³/mol. The van der Waals surface area contributed by atoms with Crippen molar-refractivity contribution in [3.8, 4) is 0 Å². The number of rotatable bonds is 1. The number of fused-ring (bicyclic) bond motifs is 1. The van der Waals surface area contributed by atoms with Crippen LogP contribution >= 0.6 is 0 Å². The summed E-state index contributed by atoms with van der Waals surface area (Å²) in [6, 6.07) is 7.80. The first kappa shape index (κ1) is 9.65. The average molecular weight is 203 g/mol. The molecule has 2 rings (SSSR count). The highest BCUT2D eigenvalue weighted by atomic mass is 19.1. The summed E-state index contributed by atoms with van der Waals surface area (Å²) in [5.74, 6) is -0.743. The standard InChI is InChI=1S/C12H10FNO/c1-7-10-5-3-9(13)6-8(10)2-4-11(7)12(14)15/h2-6H,1H3,(H2,14,15). The van der Waals surface area contributed by atoms with Crippen LogP contribution in [-0.2, 0) is 0 Å². The van der Waals surface area contributed by atoms with Gasteiger partial charge in [-0.2, -0.15) is 0 Å². The molecule has 2 aromatic carbocycles. The number of carbonyl (C=O) groups excluding carboxylic acids is 1. The van der Waals surface area contributed by atoms with E-state index in [2.05, 4.69) is 0 Å². The van der Waals surface area contributed by atoms with E-state index in [4.69, 9.17) is 5.73 Å². The van der Waals surface area contributed by atoms with Crippen molar-refractivity contribution in [1.82, 2.24) is 0 Å². The molecular weight excluding hydrogens is 193 g/mol. The maximum atomic E-state index is 12.9. The van der Waals surface area contributed by atoms with E-state index >= 15 is 0 Å². The Morgan fingerprint density at radius 2 is 2.00 bits per heavy atom. The van der Waals surface area contributed by atoms with Crippen LogP contribution < -0.4 is 5.73 Å². The summed E-state index contributed by atoms with van der Waals surface area (Å²) in [7, 11) is 0. The Morgan fingerprint density at radius 1 is 1.27 bits per heavy atom. The summed E-state index contributed by atoms with van der Waals surface area (Å²) in [4.78, 5) is 11.1. The highest BCUT2D eigenvalue weighted by Gasteiger charge is 2.08. The van der Waals surface area contributed by atoms with Crippen molar-refractivity contribution in [3.05, 3.63) is 47.3 Å². The van der Waals surface area contributed by atoms with Gasteiger partial charge in [-0.05, 0) is 41.5 Å². The number of halogens is 1. The van der Waals surface area contributed by atoms with Gasteiger partial charge >= 0.3 is 0 Å². The van der Waals surface area contributed by atoms with Crippen LogP contribution in [-0.4, -0.2) is 5.91 Å². The van der Waals surface area contributed by atoms with Gasteiger partial charge in [0, 0.05) is 5.56 Å². The lowest BCUT2D eigenvalue weighted by atomic mass is 10.00. The highest BCUT2D eigenvalue weighted by molar-refractivity contribution is 6.00. The molecule has 3 heteroatoms. The van der Waals surface area contributed by atoms with Crippen LogP contribution in [0, 0.1) is 12.7 Å². The number of primary amides is 1. The minimum Gasteiger partial charge on any atom is -0.366 e. The number of hydrogen-bond donors (Lipinski definition) is 1. The Hall–Kier alpha value is -1.90. The van der Waals surface area contributed by atoms with E-state index in [9.17, 15) is 9.18 Å². The third kappa shape index (κ3) is 1.56. The van der Waals surface area contributed by atoms with Gasteiger partial charge in [0.05, 0.1) is 0 Å². The lowest BCUT2D eigenvalue weighted by molar-refractivity contribution is 0.1000. The summed E-state index contributed by atoms with van der Waals surface area (Å²) in [6.45, 7) is 1.81. The molecule has 2 aromatic rings. The third-order valence-corrected chi connectivity index (χ3v) is 2.52. The summed E-state index contributed by atoms with van der Waals surface area (Å²) >= 11 is 0. The first-order valence-corrected chi connectivity index (χ1v) is 4.58. The molecular formula is C12H10FNO. The van der Waals surface area contributed by atoms with E-state index in [0.717, 1.165) is 16.3 Å². The topological polar surface area (TPSA) is 43.1 Å². The lowest BCUT2D eigenvalue weighted by Crippen LogP contribution is -2.12. The van der Waals surface area contributed by atoms with Crippen LogP contribution in [0.5, 0.6) is 0 Å². The van der Waals surface area contributed by atoms with Gasteiger partial charge in [-0.3, -0.25) is 4.79 Å². The molecule has 0 aliphatic carbocycles. The van der Waals surface area contributed by atoms with Crippen LogP contribution in [0.1, 0.15) is 15.9 Å². The minimum absolute atomic E-state index is 0.284. The number of amides is 1. The molecule has 0 aliphatic heterocycles. The Balaban J connectivity index is 2.80. The molecule has 0 heterocycles. The van der Waals surface area contributed by atoms with Crippen LogP contribution in [0.15, 0.2) is 30.3 Å². The second-order valence-corrected chi connectivity index (χ2v) is 3.47.